The number of fused-ring (bicyclic) bond motifs is 1. The summed E-state index contributed by atoms with van der Waals surface area (Å²) in [4.78, 5) is 15.0. The number of rotatable bonds is 5. The molecule has 0 saturated heterocycles. The van der Waals surface area contributed by atoms with Gasteiger partial charge in [-0.3, -0.25) is 4.79 Å². The lowest BCUT2D eigenvalue weighted by Gasteiger charge is -2.07. The first-order valence-corrected chi connectivity index (χ1v) is 8.79. The van der Waals surface area contributed by atoms with Crippen LogP contribution in [0.5, 0.6) is 0 Å². The quantitative estimate of drug-likeness (QED) is 0.402. The van der Waals surface area contributed by atoms with E-state index >= 15 is 0 Å². The number of hydrazone groups is 1. The van der Waals surface area contributed by atoms with Gasteiger partial charge in [0.1, 0.15) is 0 Å². The third-order valence-electron chi connectivity index (χ3n) is 3.38. The van der Waals surface area contributed by atoms with Crippen LogP contribution in [0, 0.1) is 0 Å². The Kier molecular flexibility index (Phi) is 5.32. The highest BCUT2D eigenvalue weighted by molar-refractivity contribution is 9.11. The maximum atomic E-state index is 11.9. The van der Waals surface area contributed by atoms with E-state index in [9.17, 15) is 4.79 Å². The van der Waals surface area contributed by atoms with E-state index in [0.717, 1.165) is 31.1 Å². The van der Waals surface area contributed by atoms with Crippen LogP contribution in [0.2, 0.25) is 0 Å². The smallest absolute Gasteiger partial charge is 0.259 e. The fourth-order valence-electron chi connectivity index (χ4n) is 2.22. The van der Waals surface area contributed by atoms with Gasteiger partial charge in [0.25, 0.3) is 5.91 Å². The maximum absolute atomic E-state index is 11.9. The summed E-state index contributed by atoms with van der Waals surface area (Å²) in [7, 11) is 0. The molecule has 7 heteroatoms. The van der Waals surface area contributed by atoms with Crippen molar-refractivity contribution in [2.24, 2.45) is 5.10 Å². The minimum atomic E-state index is -0.221. The van der Waals surface area contributed by atoms with E-state index in [-0.39, 0.29) is 12.5 Å². The molecule has 0 aliphatic heterocycles. The summed E-state index contributed by atoms with van der Waals surface area (Å²) in [5.74, 6) is -0.221. The predicted octanol–water partition coefficient (Wildman–Crippen LogP) is 4.26. The molecule has 24 heavy (non-hydrogen) atoms. The van der Waals surface area contributed by atoms with Crippen molar-refractivity contribution in [1.82, 2.24) is 10.4 Å². The molecule has 0 atom stereocenters. The zero-order valence-electron chi connectivity index (χ0n) is 12.5. The molecular formula is C17H14Br2N4O. The number of nitrogens with one attached hydrogen (secondary N) is 3. The highest BCUT2D eigenvalue weighted by atomic mass is 79.9. The number of aromatic nitrogens is 1. The van der Waals surface area contributed by atoms with Crippen LogP contribution in [0.1, 0.15) is 5.56 Å². The Morgan fingerprint density at radius 2 is 2.04 bits per heavy atom. The fourth-order valence-corrected chi connectivity index (χ4v) is 3.41. The van der Waals surface area contributed by atoms with Crippen molar-refractivity contribution < 1.29 is 4.79 Å². The van der Waals surface area contributed by atoms with Gasteiger partial charge in [-0.1, -0.05) is 34.1 Å². The van der Waals surface area contributed by atoms with E-state index in [4.69, 9.17) is 0 Å². The zero-order chi connectivity index (χ0) is 16.9. The lowest BCUT2D eigenvalue weighted by Crippen LogP contribution is -2.25. The van der Waals surface area contributed by atoms with Crippen LogP contribution < -0.4 is 10.7 Å². The van der Waals surface area contributed by atoms with Gasteiger partial charge in [0, 0.05) is 37.3 Å². The van der Waals surface area contributed by atoms with Crippen LogP contribution in [-0.4, -0.2) is 23.7 Å². The average Bonchev–Trinajstić information content (AvgIpc) is 2.97. The molecule has 0 radical (unpaired) electrons. The van der Waals surface area contributed by atoms with Gasteiger partial charge >= 0.3 is 0 Å². The molecular weight excluding hydrogens is 436 g/mol. The fraction of sp³-hybridized carbons (Fsp3) is 0.0588. The van der Waals surface area contributed by atoms with Gasteiger partial charge in [-0.25, -0.2) is 5.43 Å². The van der Waals surface area contributed by atoms with E-state index in [2.05, 4.69) is 52.7 Å². The number of para-hydroxylation sites is 1. The number of anilines is 1. The predicted molar refractivity (Wildman–Crippen MR) is 104 cm³/mol. The second kappa shape index (κ2) is 7.63. The van der Waals surface area contributed by atoms with Gasteiger partial charge in [0.2, 0.25) is 0 Å². The molecule has 1 heterocycles. The van der Waals surface area contributed by atoms with Gasteiger partial charge in [-0.2, -0.15) is 5.10 Å². The zero-order valence-corrected chi connectivity index (χ0v) is 15.7. The van der Waals surface area contributed by atoms with Crippen molar-refractivity contribution in [3.8, 4) is 0 Å². The lowest BCUT2D eigenvalue weighted by molar-refractivity contribution is -0.119. The number of hydrogen-bond acceptors (Lipinski definition) is 3. The molecule has 0 aliphatic carbocycles. The Morgan fingerprint density at radius 1 is 1.21 bits per heavy atom. The number of halogens is 2. The number of carbonyl (C=O) groups excluding carboxylic acids is 1. The molecule has 0 bridgehead atoms. The molecule has 0 unspecified atom stereocenters. The number of nitrogens with zero attached hydrogens (tertiary/aromatic N) is 1. The molecule has 3 rings (SSSR count). The molecule has 0 aliphatic rings. The average molecular weight is 450 g/mol. The highest BCUT2D eigenvalue weighted by Crippen LogP contribution is 2.25. The summed E-state index contributed by atoms with van der Waals surface area (Å²) < 4.78 is 1.85. The van der Waals surface area contributed by atoms with Gasteiger partial charge in [-0.05, 0) is 40.2 Å². The number of amides is 1. The summed E-state index contributed by atoms with van der Waals surface area (Å²) in [6.07, 6.45) is 3.49. The maximum Gasteiger partial charge on any atom is 0.259 e. The van der Waals surface area contributed by atoms with Crippen LogP contribution in [-0.2, 0) is 4.79 Å². The number of H-pyrrole nitrogens is 1. The largest absolute Gasteiger partial charge is 0.375 e. The van der Waals surface area contributed by atoms with Crippen LogP contribution in [0.4, 0.5) is 5.69 Å². The van der Waals surface area contributed by atoms with Crippen LogP contribution in [0.3, 0.4) is 0 Å². The molecule has 2 aromatic carbocycles. The minimum Gasteiger partial charge on any atom is -0.375 e. The summed E-state index contributed by atoms with van der Waals surface area (Å²) in [6.45, 7) is 0.130. The Balaban J connectivity index is 1.55. The van der Waals surface area contributed by atoms with E-state index in [1.165, 1.54) is 0 Å². The summed E-state index contributed by atoms with van der Waals surface area (Å²) in [6, 6.07) is 13.6. The molecule has 1 aromatic heterocycles. The number of carbonyl (C=O) groups is 1. The van der Waals surface area contributed by atoms with E-state index in [1.54, 1.807) is 6.21 Å². The van der Waals surface area contributed by atoms with E-state index < -0.39 is 0 Å². The van der Waals surface area contributed by atoms with Crippen molar-refractivity contribution in [2.75, 3.05) is 11.9 Å². The van der Waals surface area contributed by atoms with Crippen LogP contribution in [0.25, 0.3) is 10.9 Å². The van der Waals surface area contributed by atoms with Gasteiger partial charge < -0.3 is 10.3 Å². The standard InChI is InChI=1S/C17H14Br2N4O/c18-12-5-6-16(14(19)7-12)21-10-17(24)23-22-9-11-8-20-15-4-2-1-3-13(11)15/h1-9,20-21H,10H2,(H,23,24)/b22-9+. The Hall–Kier alpha value is -2.12. The molecule has 1 amide bonds. The van der Waals surface area contributed by atoms with Crippen molar-refractivity contribution in [1.29, 1.82) is 0 Å². The molecule has 3 aromatic rings. The normalized spacial score (nSPS) is 11.1. The monoisotopic (exact) mass is 448 g/mol. The Bertz CT molecular complexity index is 904. The first-order valence-electron chi connectivity index (χ1n) is 7.20. The molecule has 122 valence electrons. The van der Waals surface area contributed by atoms with E-state index in [0.29, 0.717) is 0 Å². The molecule has 0 spiro atoms. The number of hydrogen-bond donors (Lipinski definition) is 3. The summed E-state index contributed by atoms with van der Waals surface area (Å²) >= 11 is 6.83. The first-order chi connectivity index (χ1) is 11.6. The van der Waals surface area contributed by atoms with Crippen molar-refractivity contribution in [3.05, 3.63) is 63.2 Å². The summed E-state index contributed by atoms with van der Waals surface area (Å²) in [5.41, 5.74) is 5.32. The van der Waals surface area contributed by atoms with Gasteiger partial charge in [0.05, 0.1) is 12.8 Å². The SMILES string of the molecule is O=C(CNc1ccc(Br)cc1Br)N/N=C/c1c[nH]c2ccccc12. The second-order valence-electron chi connectivity index (χ2n) is 5.06. The van der Waals surface area contributed by atoms with E-state index in [1.807, 2.05) is 48.7 Å². The molecule has 3 N–H and O–H groups in total. The van der Waals surface area contributed by atoms with Gasteiger partial charge in [0.15, 0.2) is 0 Å². The lowest BCUT2D eigenvalue weighted by atomic mass is 10.2. The molecule has 5 nitrogen and oxygen atoms in total. The molecule has 0 saturated carbocycles. The Morgan fingerprint density at radius 3 is 2.88 bits per heavy atom. The van der Waals surface area contributed by atoms with Crippen LogP contribution in [0.15, 0.2) is 62.7 Å². The third kappa shape index (κ3) is 4.04. The summed E-state index contributed by atoms with van der Waals surface area (Å²) in [5, 5.41) is 8.12. The second-order valence-corrected chi connectivity index (χ2v) is 6.83. The van der Waals surface area contributed by atoms with Crippen molar-refractivity contribution in [3.63, 3.8) is 0 Å². The first kappa shape index (κ1) is 16.7. The van der Waals surface area contributed by atoms with Crippen molar-refractivity contribution >= 4 is 60.6 Å². The van der Waals surface area contributed by atoms with Crippen molar-refractivity contribution in [2.45, 2.75) is 0 Å². The van der Waals surface area contributed by atoms with Gasteiger partial charge in [-0.15, -0.1) is 0 Å². The highest BCUT2D eigenvalue weighted by Gasteiger charge is 2.04. The van der Waals surface area contributed by atoms with Crippen LogP contribution >= 0.6 is 31.9 Å². The number of benzene rings is 2. The molecule has 0 fully saturated rings. The minimum absolute atomic E-state index is 0.130. The number of aromatic amines is 1. The Labute approximate surface area is 155 Å². The third-order valence-corrected chi connectivity index (χ3v) is 4.53. The topological polar surface area (TPSA) is 69.3 Å².